The SMILES string of the molecule is C=CCOCCC(=O)c1ccc(C(=O)c2ccccc2)cc1. The fourth-order valence-corrected chi connectivity index (χ4v) is 2.04. The number of rotatable bonds is 8. The zero-order chi connectivity index (χ0) is 15.8. The predicted molar refractivity (Wildman–Crippen MR) is 86.3 cm³/mol. The fraction of sp³-hybridized carbons (Fsp3) is 0.158. The van der Waals surface area contributed by atoms with Crippen molar-refractivity contribution in [2.75, 3.05) is 13.2 Å². The molecule has 0 aliphatic rings. The van der Waals surface area contributed by atoms with Crippen LogP contribution in [-0.4, -0.2) is 24.8 Å². The minimum absolute atomic E-state index is 0.00257. The van der Waals surface area contributed by atoms with Gasteiger partial charge in [-0.1, -0.05) is 60.7 Å². The van der Waals surface area contributed by atoms with Crippen molar-refractivity contribution in [2.24, 2.45) is 0 Å². The van der Waals surface area contributed by atoms with Crippen LogP contribution in [0.15, 0.2) is 67.3 Å². The Labute approximate surface area is 130 Å². The van der Waals surface area contributed by atoms with Gasteiger partial charge in [-0.15, -0.1) is 6.58 Å². The summed E-state index contributed by atoms with van der Waals surface area (Å²) in [6.07, 6.45) is 1.97. The first-order chi connectivity index (χ1) is 10.7. The Balaban J connectivity index is 1.99. The molecule has 2 aromatic rings. The van der Waals surface area contributed by atoms with Gasteiger partial charge in [0, 0.05) is 23.1 Å². The van der Waals surface area contributed by atoms with Gasteiger partial charge >= 0.3 is 0 Å². The van der Waals surface area contributed by atoms with Crippen molar-refractivity contribution in [1.82, 2.24) is 0 Å². The highest BCUT2D eigenvalue weighted by Crippen LogP contribution is 2.12. The van der Waals surface area contributed by atoms with Crippen molar-refractivity contribution in [3.63, 3.8) is 0 Å². The lowest BCUT2D eigenvalue weighted by molar-refractivity contribution is 0.0909. The smallest absolute Gasteiger partial charge is 0.193 e. The molecule has 0 aliphatic heterocycles. The van der Waals surface area contributed by atoms with E-state index in [2.05, 4.69) is 6.58 Å². The first kappa shape index (κ1) is 15.9. The second-order valence-electron chi connectivity index (χ2n) is 4.81. The largest absolute Gasteiger partial charge is 0.377 e. The van der Waals surface area contributed by atoms with Gasteiger partial charge in [-0.2, -0.15) is 0 Å². The third-order valence-electron chi connectivity index (χ3n) is 3.21. The molecule has 0 radical (unpaired) electrons. The summed E-state index contributed by atoms with van der Waals surface area (Å²) in [5.41, 5.74) is 1.80. The Morgan fingerprint density at radius 3 is 2.14 bits per heavy atom. The summed E-state index contributed by atoms with van der Waals surface area (Å²) in [6.45, 7) is 4.36. The molecule has 3 heteroatoms. The van der Waals surface area contributed by atoms with Gasteiger partial charge < -0.3 is 4.74 Å². The van der Waals surface area contributed by atoms with E-state index in [1.54, 1.807) is 42.5 Å². The molecule has 22 heavy (non-hydrogen) atoms. The van der Waals surface area contributed by atoms with Gasteiger partial charge in [-0.3, -0.25) is 9.59 Å². The predicted octanol–water partition coefficient (Wildman–Crippen LogP) is 3.69. The molecular formula is C19H18O3. The van der Waals surface area contributed by atoms with Crippen LogP contribution in [0.2, 0.25) is 0 Å². The highest BCUT2D eigenvalue weighted by molar-refractivity contribution is 6.09. The molecule has 0 heterocycles. The number of ether oxygens (including phenoxy) is 1. The standard InChI is InChI=1S/C19H18O3/c1-2-13-22-14-12-18(20)15-8-10-17(11-9-15)19(21)16-6-4-3-5-7-16/h2-11H,1,12-14H2. The molecule has 0 spiro atoms. The molecular weight excluding hydrogens is 276 g/mol. The van der Waals surface area contributed by atoms with Crippen molar-refractivity contribution in [2.45, 2.75) is 6.42 Å². The van der Waals surface area contributed by atoms with E-state index in [0.29, 0.717) is 36.3 Å². The molecule has 0 amide bonds. The van der Waals surface area contributed by atoms with Gasteiger partial charge in [0.15, 0.2) is 11.6 Å². The zero-order valence-electron chi connectivity index (χ0n) is 12.3. The normalized spacial score (nSPS) is 10.2. The van der Waals surface area contributed by atoms with E-state index in [1.807, 2.05) is 18.2 Å². The van der Waals surface area contributed by atoms with Crippen LogP contribution in [0.25, 0.3) is 0 Å². The lowest BCUT2D eigenvalue weighted by Gasteiger charge is -2.04. The quantitative estimate of drug-likeness (QED) is 0.423. The van der Waals surface area contributed by atoms with Crippen molar-refractivity contribution in [3.8, 4) is 0 Å². The molecule has 0 bridgehead atoms. The molecule has 0 saturated heterocycles. The van der Waals surface area contributed by atoms with E-state index >= 15 is 0 Å². The molecule has 0 N–H and O–H groups in total. The summed E-state index contributed by atoms with van der Waals surface area (Å²) in [7, 11) is 0. The summed E-state index contributed by atoms with van der Waals surface area (Å²) in [6, 6.07) is 15.8. The van der Waals surface area contributed by atoms with Gasteiger partial charge in [-0.05, 0) is 0 Å². The lowest BCUT2D eigenvalue weighted by Crippen LogP contribution is -2.06. The van der Waals surface area contributed by atoms with Crippen LogP contribution in [0.5, 0.6) is 0 Å². The zero-order valence-corrected chi connectivity index (χ0v) is 12.3. The van der Waals surface area contributed by atoms with Crippen LogP contribution in [0.4, 0.5) is 0 Å². The Hall–Kier alpha value is -2.52. The Morgan fingerprint density at radius 2 is 1.50 bits per heavy atom. The second kappa shape index (κ2) is 8.05. The summed E-state index contributed by atoms with van der Waals surface area (Å²) < 4.78 is 5.20. The first-order valence-electron chi connectivity index (χ1n) is 7.14. The molecule has 112 valence electrons. The third-order valence-corrected chi connectivity index (χ3v) is 3.21. The van der Waals surface area contributed by atoms with E-state index in [-0.39, 0.29) is 11.6 Å². The number of hydrogen-bond acceptors (Lipinski definition) is 3. The van der Waals surface area contributed by atoms with Gasteiger partial charge in [0.25, 0.3) is 0 Å². The molecule has 0 fully saturated rings. The number of benzene rings is 2. The maximum atomic E-state index is 12.3. The number of ketones is 2. The average molecular weight is 294 g/mol. The number of carbonyl (C=O) groups excluding carboxylic acids is 2. The maximum Gasteiger partial charge on any atom is 0.193 e. The van der Waals surface area contributed by atoms with E-state index in [0.717, 1.165) is 0 Å². The molecule has 0 atom stereocenters. The Bertz CT molecular complexity index is 642. The van der Waals surface area contributed by atoms with Gasteiger partial charge in [-0.25, -0.2) is 0 Å². The third kappa shape index (κ3) is 4.24. The summed E-state index contributed by atoms with van der Waals surface area (Å²) in [4.78, 5) is 24.2. The first-order valence-corrected chi connectivity index (χ1v) is 7.14. The summed E-state index contributed by atoms with van der Waals surface area (Å²) in [5.74, 6) is -0.0447. The monoisotopic (exact) mass is 294 g/mol. The van der Waals surface area contributed by atoms with Crippen LogP contribution < -0.4 is 0 Å². The summed E-state index contributed by atoms with van der Waals surface area (Å²) >= 11 is 0. The van der Waals surface area contributed by atoms with Crippen molar-refractivity contribution in [1.29, 1.82) is 0 Å². The number of carbonyl (C=O) groups is 2. The van der Waals surface area contributed by atoms with Gasteiger partial charge in [0.05, 0.1) is 13.2 Å². The maximum absolute atomic E-state index is 12.3. The summed E-state index contributed by atoms with van der Waals surface area (Å²) in [5, 5.41) is 0. The lowest BCUT2D eigenvalue weighted by atomic mass is 10.0. The topological polar surface area (TPSA) is 43.4 Å². The molecule has 2 rings (SSSR count). The van der Waals surface area contributed by atoms with E-state index in [9.17, 15) is 9.59 Å². The van der Waals surface area contributed by atoms with Crippen LogP contribution in [0.3, 0.4) is 0 Å². The van der Waals surface area contributed by atoms with Gasteiger partial charge in [0.2, 0.25) is 0 Å². The minimum Gasteiger partial charge on any atom is -0.377 e. The fourth-order valence-electron chi connectivity index (χ4n) is 2.04. The van der Waals surface area contributed by atoms with E-state index in [4.69, 9.17) is 4.74 Å². The minimum atomic E-state index is -0.0473. The molecule has 0 unspecified atom stereocenters. The number of hydrogen-bond donors (Lipinski definition) is 0. The second-order valence-corrected chi connectivity index (χ2v) is 4.81. The van der Waals surface area contributed by atoms with Crippen molar-refractivity contribution < 1.29 is 14.3 Å². The van der Waals surface area contributed by atoms with Crippen LogP contribution in [-0.2, 0) is 4.74 Å². The van der Waals surface area contributed by atoms with Crippen molar-refractivity contribution in [3.05, 3.63) is 83.9 Å². The van der Waals surface area contributed by atoms with Gasteiger partial charge in [0.1, 0.15) is 0 Å². The molecule has 3 nitrogen and oxygen atoms in total. The van der Waals surface area contributed by atoms with E-state index in [1.165, 1.54) is 0 Å². The highest BCUT2D eigenvalue weighted by atomic mass is 16.5. The Kier molecular flexibility index (Phi) is 5.81. The highest BCUT2D eigenvalue weighted by Gasteiger charge is 2.10. The molecule has 2 aromatic carbocycles. The van der Waals surface area contributed by atoms with Crippen LogP contribution in [0, 0.1) is 0 Å². The Morgan fingerprint density at radius 1 is 0.909 bits per heavy atom. The van der Waals surface area contributed by atoms with Crippen LogP contribution in [0.1, 0.15) is 32.7 Å². The number of Topliss-reactive ketones (excluding diaryl/α,β-unsaturated/α-hetero) is 1. The van der Waals surface area contributed by atoms with Crippen LogP contribution >= 0.6 is 0 Å². The molecule has 0 saturated carbocycles. The molecule has 0 aliphatic carbocycles. The average Bonchev–Trinajstić information content (AvgIpc) is 2.59. The molecule has 0 aromatic heterocycles. The van der Waals surface area contributed by atoms with Crippen molar-refractivity contribution >= 4 is 11.6 Å². The van der Waals surface area contributed by atoms with E-state index < -0.39 is 0 Å².